The van der Waals surface area contributed by atoms with Gasteiger partial charge in [0.05, 0.1) is 13.7 Å². The Balaban J connectivity index is 2.50. The van der Waals surface area contributed by atoms with Crippen LogP contribution in [-0.2, 0) is 11.3 Å². The maximum atomic E-state index is 11.4. The molecular formula is C13H21NO4. The number of carbonyl (C=O) groups is 1. The molecule has 0 aromatic carbocycles. The highest BCUT2D eigenvalue weighted by molar-refractivity contribution is 5.90. The summed E-state index contributed by atoms with van der Waals surface area (Å²) in [7, 11) is 1.35. The number of rotatable bonds is 7. The van der Waals surface area contributed by atoms with E-state index in [0.29, 0.717) is 29.7 Å². The summed E-state index contributed by atoms with van der Waals surface area (Å²) < 4.78 is 10.1. The molecule has 18 heavy (non-hydrogen) atoms. The Hall–Kier alpha value is -1.33. The molecule has 0 radical (unpaired) electrons. The number of esters is 1. The summed E-state index contributed by atoms with van der Waals surface area (Å²) in [5, 5.41) is 12.0. The second-order valence-corrected chi connectivity index (χ2v) is 4.32. The predicted molar refractivity (Wildman–Crippen MR) is 67.4 cm³/mol. The number of aryl methyl sites for hydroxylation is 1. The van der Waals surface area contributed by atoms with Crippen molar-refractivity contribution in [3.63, 3.8) is 0 Å². The number of aliphatic hydroxyl groups is 1. The molecule has 0 amide bonds. The lowest BCUT2D eigenvalue weighted by Crippen LogP contribution is -2.25. The first-order valence-electron chi connectivity index (χ1n) is 6.10. The van der Waals surface area contributed by atoms with E-state index in [4.69, 9.17) is 9.52 Å². The van der Waals surface area contributed by atoms with Crippen LogP contribution in [0.4, 0.5) is 0 Å². The van der Waals surface area contributed by atoms with Crippen LogP contribution < -0.4 is 5.32 Å². The van der Waals surface area contributed by atoms with Crippen molar-refractivity contribution in [3.05, 3.63) is 23.2 Å². The van der Waals surface area contributed by atoms with E-state index in [2.05, 4.69) is 10.1 Å². The molecule has 1 heterocycles. The van der Waals surface area contributed by atoms with Gasteiger partial charge in [0.25, 0.3) is 0 Å². The summed E-state index contributed by atoms with van der Waals surface area (Å²) in [5.74, 6) is 0.904. The Morgan fingerprint density at radius 2 is 2.33 bits per heavy atom. The largest absolute Gasteiger partial charge is 0.465 e. The molecule has 2 N–H and O–H groups in total. The van der Waals surface area contributed by atoms with Crippen molar-refractivity contribution in [2.24, 2.45) is 0 Å². The first kappa shape index (κ1) is 14.7. The number of hydrogen-bond donors (Lipinski definition) is 2. The first-order valence-corrected chi connectivity index (χ1v) is 6.10. The Morgan fingerprint density at radius 1 is 1.61 bits per heavy atom. The molecule has 0 aliphatic carbocycles. The van der Waals surface area contributed by atoms with E-state index >= 15 is 0 Å². The highest BCUT2D eigenvalue weighted by atomic mass is 16.5. The monoisotopic (exact) mass is 255 g/mol. The van der Waals surface area contributed by atoms with E-state index in [1.165, 1.54) is 7.11 Å². The number of methoxy groups -OCH3 is 1. The minimum absolute atomic E-state index is 0.207. The lowest BCUT2D eigenvalue weighted by Gasteiger charge is -2.11. The smallest absolute Gasteiger partial charge is 0.341 e. The van der Waals surface area contributed by atoms with Crippen molar-refractivity contribution in [1.29, 1.82) is 0 Å². The van der Waals surface area contributed by atoms with Crippen LogP contribution in [0.5, 0.6) is 0 Å². The van der Waals surface area contributed by atoms with Crippen molar-refractivity contribution in [2.75, 3.05) is 13.7 Å². The van der Waals surface area contributed by atoms with Crippen molar-refractivity contribution >= 4 is 5.97 Å². The Bertz CT molecular complexity index is 386. The number of ether oxygens (including phenoxy) is 1. The van der Waals surface area contributed by atoms with Gasteiger partial charge < -0.3 is 19.6 Å². The molecule has 0 aliphatic rings. The van der Waals surface area contributed by atoms with Gasteiger partial charge in [0.15, 0.2) is 0 Å². The molecule has 0 aliphatic heterocycles. The minimum atomic E-state index is -0.379. The minimum Gasteiger partial charge on any atom is -0.465 e. The summed E-state index contributed by atoms with van der Waals surface area (Å²) in [6, 6.07) is 2.00. The van der Waals surface area contributed by atoms with Crippen LogP contribution in [0.25, 0.3) is 0 Å². The van der Waals surface area contributed by atoms with Crippen molar-refractivity contribution < 1.29 is 19.1 Å². The van der Waals surface area contributed by atoms with Crippen molar-refractivity contribution in [3.8, 4) is 0 Å². The second kappa shape index (κ2) is 7.18. The van der Waals surface area contributed by atoms with E-state index in [1.807, 2.05) is 6.92 Å². The molecule has 1 unspecified atom stereocenters. The SMILES string of the molecule is COC(=O)c1cc(CNC(C)CCCO)oc1C. The fourth-order valence-electron chi connectivity index (χ4n) is 1.72. The number of nitrogens with one attached hydrogen (secondary N) is 1. The number of furan rings is 1. The maximum Gasteiger partial charge on any atom is 0.341 e. The average molecular weight is 255 g/mol. The van der Waals surface area contributed by atoms with Gasteiger partial charge in [-0.25, -0.2) is 4.79 Å². The molecule has 1 rings (SSSR count). The zero-order valence-corrected chi connectivity index (χ0v) is 11.2. The Kier molecular flexibility index (Phi) is 5.88. The fourth-order valence-corrected chi connectivity index (χ4v) is 1.72. The van der Waals surface area contributed by atoms with Crippen LogP contribution in [0.1, 0.15) is 41.6 Å². The van der Waals surface area contributed by atoms with Crippen molar-refractivity contribution in [2.45, 2.75) is 39.3 Å². The van der Waals surface area contributed by atoms with Crippen LogP contribution in [0, 0.1) is 6.92 Å². The van der Waals surface area contributed by atoms with Gasteiger partial charge in [-0.3, -0.25) is 0 Å². The summed E-state index contributed by atoms with van der Waals surface area (Å²) in [4.78, 5) is 11.4. The molecule has 0 fully saturated rings. The molecule has 1 aromatic rings. The molecular weight excluding hydrogens is 234 g/mol. The maximum absolute atomic E-state index is 11.4. The van der Waals surface area contributed by atoms with Gasteiger partial charge in [0.2, 0.25) is 0 Å². The zero-order chi connectivity index (χ0) is 13.5. The molecule has 0 saturated carbocycles. The van der Waals surface area contributed by atoms with Gasteiger partial charge in [-0.2, -0.15) is 0 Å². The van der Waals surface area contributed by atoms with Crippen molar-refractivity contribution in [1.82, 2.24) is 5.32 Å². The molecule has 1 aromatic heterocycles. The molecule has 5 nitrogen and oxygen atoms in total. The fraction of sp³-hybridized carbons (Fsp3) is 0.615. The van der Waals surface area contributed by atoms with Crippen LogP contribution in [0.3, 0.4) is 0 Å². The van der Waals surface area contributed by atoms with E-state index in [0.717, 1.165) is 12.8 Å². The van der Waals surface area contributed by atoms with E-state index < -0.39 is 0 Å². The standard InChI is InChI=1S/C13H21NO4/c1-9(5-4-6-15)14-8-11-7-12(10(2)18-11)13(16)17-3/h7,9,14-15H,4-6,8H2,1-3H3. The summed E-state index contributed by atoms with van der Waals surface area (Å²) in [6.07, 6.45) is 1.68. The number of hydrogen-bond acceptors (Lipinski definition) is 5. The summed E-state index contributed by atoms with van der Waals surface area (Å²) in [5.41, 5.74) is 0.470. The normalized spacial score (nSPS) is 12.4. The molecule has 102 valence electrons. The molecule has 0 spiro atoms. The zero-order valence-electron chi connectivity index (χ0n) is 11.2. The number of aliphatic hydroxyl groups excluding tert-OH is 1. The van der Waals surface area contributed by atoms with Gasteiger partial charge in [0.1, 0.15) is 17.1 Å². The van der Waals surface area contributed by atoms with Gasteiger partial charge >= 0.3 is 5.97 Å². The molecule has 1 atom stereocenters. The second-order valence-electron chi connectivity index (χ2n) is 4.32. The van der Waals surface area contributed by atoms with E-state index in [-0.39, 0.29) is 12.6 Å². The van der Waals surface area contributed by atoms with Gasteiger partial charge in [-0.15, -0.1) is 0 Å². The third kappa shape index (κ3) is 4.16. The summed E-state index contributed by atoms with van der Waals surface area (Å²) >= 11 is 0. The Labute approximate surface area is 107 Å². The van der Waals surface area contributed by atoms with Crippen LogP contribution >= 0.6 is 0 Å². The van der Waals surface area contributed by atoms with Gasteiger partial charge in [-0.05, 0) is 32.8 Å². The third-order valence-electron chi connectivity index (χ3n) is 2.79. The molecule has 0 saturated heterocycles. The quantitative estimate of drug-likeness (QED) is 0.724. The third-order valence-corrected chi connectivity index (χ3v) is 2.79. The average Bonchev–Trinajstić information content (AvgIpc) is 2.74. The molecule has 0 bridgehead atoms. The van der Waals surface area contributed by atoms with Crippen LogP contribution in [0.2, 0.25) is 0 Å². The van der Waals surface area contributed by atoms with Gasteiger partial charge in [-0.1, -0.05) is 0 Å². The summed E-state index contributed by atoms with van der Waals surface area (Å²) in [6.45, 7) is 4.56. The van der Waals surface area contributed by atoms with Gasteiger partial charge in [0, 0.05) is 12.6 Å². The predicted octanol–water partition coefficient (Wildman–Crippen LogP) is 1.63. The van der Waals surface area contributed by atoms with Crippen LogP contribution in [-0.4, -0.2) is 30.8 Å². The first-order chi connectivity index (χ1) is 8.58. The van der Waals surface area contributed by atoms with E-state index in [1.54, 1.807) is 13.0 Å². The topological polar surface area (TPSA) is 71.7 Å². The highest BCUT2D eigenvalue weighted by Gasteiger charge is 2.15. The molecule has 5 heteroatoms. The lowest BCUT2D eigenvalue weighted by atomic mass is 10.2. The van der Waals surface area contributed by atoms with Crippen LogP contribution in [0.15, 0.2) is 10.5 Å². The number of carbonyl (C=O) groups excluding carboxylic acids is 1. The highest BCUT2D eigenvalue weighted by Crippen LogP contribution is 2.15. The lowest BCUT2D eigenvalue weighted by molar-refractivity contribution is 0.0599. The Morgan fingerprint density at radius 3 is 2.94 bits per heavy atom. The van der Waals surface area contributed by atoms with E-state index in [9.17, 15) is 4.79 Å².